The molecule has 0 N–H and O–H groups in total. The molecule has 0 atom stereocenters. The maximum absolute atomic E-state index is 2.18. The Kier molecular flexibility index (Phi) is 16.3. The van der Waals surface area contributed by atoms with E-state index in [1.165, 1.54) is 22.3 Å². The average molecular weight is 301 g/mol. The van der Waals surface area contributed by atoms with E-state index in [1.54, 1.807) is 0 Å². The summed E-state index contributed by atoms with van der Waals surface area (Å²) in [5.41, 5.74) is 5.51. The van der Waals surface area contributed by atoms with E-state index in [9.17, 15) is 0 Å². The Hall–Kier alpha value is -1.56. The van der Waals surface area contributed by atoms with E-state index in [0.717, 1.165) is 12.8 Å². The van der Waals surface area contributed by atoms with Gasteiger partial charge in [0.05, 0.1) is 0 Å². The van der Waals surface area contributed by atoms with Crippen LogP contribution < -0.4 is 0 Å². The highest BCUT2D eigenvalue weighted by molar-refractivity contribution is 5.21. The monoisotopic (exact) mass is 300 g/mol. The molecule has 0 aromatic heterocycles. The molecule has 22 heavy (non-hydrogen) atoms. The summed E-state index contributed by atoms with van der Waals surface area (Å²) in [7, 11) is 0. The van der Waals surface area contributed by atoms with Crippen molar-refractivity contribution in [2.24, 2.45) is 0 Å². The molecule has 0 unspecified atom stereocenters. The van der Waals surface area contributed by atoms with Crippen LogP contribution in [0, 0.1) is 13.8 Å². The van der Waals surface area contributed by atoms with Crippen molar-refractivity contribution in [1.29, 1.82) is 0 Å². The highest BCUT2D eigenvalue weighted by Crippen LogP contribution is 2.03. The molecule has 0 heterocycles. The van der Waals surface area contributed by atoms with E-state index in [0.29, 0.717) is 0 Å². The molecule has 2 rings (SSSR count). The van der Waals surface area contributed by atoms with Gasteiger partial charge in [0.15, 0.2) is 0 Å². The van der Waals surface area contributed by atoms with Crippen LogP contribution >= 0.6 is 0 Å². The van der Waals surface area contributed by atoms with Crippen LogP contribution in [0.3, 0.4) is 0 Å². The molecule has 0 amide bonds. The molecule has 0 saturated carbocycles. The van der Waals surface area contributed by atoms with E-state index in [1.807, 2.05) is 27.7 Å². The lowest BCUT2D eigenvalue weighted by atomic mass is 10.1. The Labute approximate surface area is 139 Å². The summed E-state index contributed by atoms with van der Waals surface area (Å²) in [6.07, 6.45) is 2.28. The third-order valence-corrected chi connectivity index (χ3v) is 3.06. The van der Waals surface area contributed by atoms with Gasteiger partial charge in [-0.1, -0.05) is 101 Å². The number of hydrogen-bond acceptors (Lipinski definition) is 0. The van der Waals surface area contributed by atoms with Gasteiger partial charge in [-0.2, -0.15) is 0 Å². The zero-order valence-electron chi connectivity index (χ0n) is 16.0. The Morgan fingerprint density at radius 2 is 0.727 bits per heavy atom. The number of rotatable bonds is 2. The van der Waals surface area contributed by atoms with E-state index in [-0.39, 0.29) is 0 Å². The Morgan fingerprint density at radius 3 is 0.909 bits per heavy atom. The Balaban J connectivity index is 0. The van der Waals surface area contributed by atoms with Gasteiger partial charge >= 0.3 is 0 Å². The minimum absolute atomic E-state index is 1.14. The van der Waals surface area contributed by atoms with Crippen LogP contribution in [0.15, 0.2) is 48.5 Å². The lowest BCUT2D eigenvalue weighted by Gasteiger charge is -1.94. The van der Waals surface area contributed by atoms with Crippen LogP contribution in [-0.4, -0.2) is 0 Å². The maximum atomic E-state index is 2.18. The lowest BCUT2D eigenvalue weighted by molar-refractivity contribution is 1.14. The molecule has 124 valence electrons. The first kappa shape index (κ1) is 22.7. The number of benzene rings is 2. The Morgan fingerprint density at radius 1 is 0.500 bits per heavy atom. The molecule has 0 nitrogen and oxygen atoms in total. The van der Waals surface area contributed by atoms with Crippen molar-refractivity contribution in [3.63, 3.8) is 0 Å². The van der Waals surface area contributed by atoms with Crippen molar-refractivity contribution in [2.45, 2.75) is 68.2 Å². The van der Waals surface area contributed by atoms with Crippen molar-refractivity contribution in [2.75, 3.05) is 0 Å². The lowest BCUT2D eigenvalue weighted by Crippen LogP contribution is -1.77. The van der Waals surface area contributed by atoms with E-state index in [2.05, 4.69) is 76.2 Å². The van der Waals surface area contributed by atoms with E-state index >= 15 is 0 Å². The topological polar surface area (TPSA) is 0 Å². The molecule has 0 aliphatic carbocycles. The van der Waals surface area contributed by atoms with Gasteiger partial charge < -0.3 is 0 Å². The van der Waals surface area contributed by atoms with E-state index in [4.69, 9.17) is 0 Å². The molecule has 2 aromatic rings. The third-order valence-electron chi connectivity index (χ3n) is 3.06. The molecule has 0 fully saturated rings. The van der Waals surface area contributed by atoms with Gasteiger partial charge in [0.25, 0.3) is 0 Å². The summed E-state index contributed by atoms with van der Waals surface area (Å²) in [4.78, 5) is 0. The molecule has 0 spiro atoms. The van der Waals surface area contributed by atoms with Crippen LogP contribution in [0.4, 0.5) is 0 Å². The van der Waals surface area contributed by atoms with Crippen LogP contribution in [-0.2, 0) is 12.8 Å². The van der Waals surface area contributed by atoms with Gasteiger partial charge in [-0.25, -0.2) is 0 Å². The van der Waals surface area contributed by atoms with Crippen LogP contribution in [0.1, 0.15) is 63.8 Å². The van der Waals surface area contributed by atoms with Crippen molar-refractivity contribution in [3.05, 3.63) is 70.8 Å². The first-order valence-electron chi connectivity index (χ1n) is 8.76. The second-order valence-corrected chi connectivity index (χ2v) is 4.68. The number of aryl methyl sites for hydroxylation is 4. The summed E-state index contributed by atoms with van der Waals surface area (Å²) in [5, 5.41) is 0. The van der Waals surface area contributed by atoms with Crippen molar-refractivity contribution in [1.82, 2.24) is 0 Å². The van der Waals surface area contributed by atoms with Crippen LogP contribution in [0.25, 0.3) is 0 Å². The number of hydrogen-bond donors (Lipinski definition) is 0. The summed E-state index contributed by atoms with van der Waals surface area (Å²) < 4.78 is 0. The first-order chi connectivity index (χ1) is 10.7. The standard InChI is InChI=1S/2C9H12.2C2H6/c2*1-3-9-6-4-8(2)5-7-9;2*1-2/h2*4-7H,3H2,1-2H3;2*1-2H3. The minimum Gasteiger partial charge on any atom is -0.0683 e. The fourth-order valence-corrected chi connectivity index (χ4v) is 1.65. The predicted molar refractivity (Wildman–Crippen MR) is 104 cm³/mol. The molecular formula is C22H36. The molecule has 0 bridgehead atoms. The smallest absolute Gasteiger partial charge is 0.0307 e. The zero-order chi connectivity index (χ0) is 17.4. The zero-order valence-corrected chi connectivity index (χ0v) is 16.0. The molecule has 0 aliphatic rings. The Bertz CT molecular complexity index is 389. The minimum atomic E-state index is 1.14. The van der Waals surface area contributed by atoms with E-state index < -0.39 is 0 Å². The summed E-state index contributed by atoms with van der Waals surface area (Å²) in [6.45, 7) is 16.6. The largest absolute Gasteiger partial charge is 0.0683 e. The van der Waals surface area contributed by atoms with Gasteiger partial charge in [-0.05, 0) is 37.8 Å². The average Bonchev–Trinajstić information content (AvgIpc) is 2.60. The summed E-state index contributed by atoms with van der Waals surface area (Å²) in [6, 6.07) is 17.3. The first-order valence-corrected chi connectivity index (χ1v) is 8.76. The fourth-order valence-electron chi connectivity index (χ4n) is 1.65. The van der Waals surface area contributed by atoms with Gasteiger partial charge in [0.2, 0.25) is 0 Å². The fraction of sp³-hybridized carbons (Fsp3) is 0.455. The van der Waals surface area contributed by atoms with Crippen LogP contribution in [0.2, 0.25) is 0 Å². The molecule has 0 radical (unpaired) electrons. The molecule has 0 aliphatic heterocycles. The highest BCUT2D eigenvalue weighted by atomic mass is 13.9. The molecule has 0 heteroatoms. The predicted octanol–water partition coefficient (Wildman–Crippen LogP) is 7.17. The third kappa shape index (κ3) is 11.1. The molecular weight excluding hydrogens is 264 g/mol. The van der Waals surface area contributed by atoms with Gasteiger partial charge in [-0.15, -0.1) is 0 Å². The van der Waals surface area contributed by atoms with Crippen LogP contribution in [0.5, 0.6) is 0 Å². The van der Waals surface area contributed by atoms with Gasteiger partial charge in [0, 0.05) is 0 Å². The SMILES string of the molecule is CC.CC.CCc1ccc(C)cc1.CCc1ccc(C)cc1. The maximum Gasteiger partial charge on any atom is -0.0307 e. The molecule has 2 aromatic carbocycles. The van der Waals surface area contributed by atoms with Crippen molar-refractivity contribution < 1.29 is 0 Å². The van der Waals surface area contributed by atoms with Gasteiger partial charge in [0.1, 0.15) is 0 Å². The normalized spacial score (nSPS) is 8.36. The van der Waals surface area contributed by atoms with Crippen molar-refractivity contribution >= 4 is 0 Å². The molecule has 0 saturated heterocycles. The second-order valence-electron chi connectivity index (χ2n) is 4.68. The van der Waals surface area contributed by atoms with Crippen molar-refractivity contribution in [3.8, 4) is 0 Å². The van der Waals surface area contributed by atoms with Gasteiger partial charge in [-0.3, -0.25) is 0 Å². The summed E-state index contributed by atoms with van der Waals surface area (Å²) in [5.74, 6) is 0. The summed E-state index contributed by atoms with van der Waals surface area (Å²) >= 11 is 0. The highest BCUT2D eigenvalue weighted by Gasteiger charge is 1.85. The quantitative estimate of drug-likeness (QED) is 0.551. The second kappa shape index (κ2) is 15.8.